The summed E-state index contributed by atoms with van der Waals surface area (Å²) in [6.07, 6.45) is 1.35. The van der Waals surface area contributed by atoms with Gasteiger partial charge in [0.25, 0.3) is 11.6 Å². The van der Waals surface area contributed by atoms with E-state index in [1.54, 1.807) is 19.1 Å². The van der Waals surface area contributed by atoms with Crippen LogP contribution in [0, 0.1) is 17.0 Å². The van der Waals surface area contributed by atoms with E-state index in [2.05, 4.69) is 21.2 Å². The van der Waals surface area contributed by atoms with Crippen LogP contribution >= 0.6 is 15.9 Å². The van der Waals surface area contributed by atoms with Crippen molar-refractivity contribution >= 4 is 33.2 Å². The third-order valence-electron chi connectivity index (χ3n) is 2.46. The second-order valence-electron chi connectivity index (χ2n) is 3.84. The van der Waals surface area contributed by atoms with Gasteiger partial charge in [-0.25, -0.2) is 0 Å². The highest BCUT2D eigenvalue weighted by atomic mass is 79.9. The number of anilines is 1. The molecule has 1 amide bonds. The quantitative estimate of drug-likeness (QED) is 0.691. The first kappa shape index (κ1) is 13.3. The molecule has 98 valence electrons. The van der Waals surface area contributed by atoms with Crippen LogP contribution in [0.1, 0.15) is 15.9 Å². The molecule has 1 aromatic heterocycles. The number of benzene rings is 1. The lowest BCUT2D eigenvalue weighted by Crippen LogP contribution is -2.13. The maximum absolute atomic E-state index is 12.0. The molecule has 0 spiro atoms. The Morgan fingerprint density at radius 1 is 1.42 bits per heavy atom. The van der Waals surface area contributed by atoms with Gasteiger partial charge in [-0.2, -0.15) is 0 Å². The van der Waals surface area contributed by atoms with Gasteiger partial charge in [0, 0.05) is 6.07 Å². The molecule has 19 heavy (non-hydrogen) atoms. The molecule has 1 heterocycles. The van der Waals surface area contributed by atoms with Gasteiger partial charge in [0.1, 0.15) is 5.69 Å². The Bertz CT molecular complexity index is 651. The van der Waals surface area contributed by atoms with Gasteiger partial charge in [-0.1, -0.05) is 6.07 Å². The number of furan rings is 1. The van der Waals surface area contributed by atoms with Gasteiger partial charge < -0.3 is 9.73 Å². The first-order valence-electron chi connectivity index (χ1n) is 5.28. The summed E-state index contributed by atoms with van der Waals surface area (Å²) in [4.78, 5) is 22.3. The van der Waals surface area contributed by atoms with E-state index in [4.69, 9.17) is 4.42 Å². The molecule has 0 bridgehead atoms. The van der Waals surface area contributed by atoms with Crippen LogP contribution in [0.3, 0.4) is 0 Å². The molecule has 2 rings (SSSR count). The van der Waals surface area contributed by atoms with Crippen LogP contribution in [0.4, 0.5) is 11.4 Å². The van der Waals surface area contributed by atoms with Crippen LogP contribution in [0.15, 0.2) is 39.6 Å². The first-order chi connectivity index (χ1) is 8.99. The van der Waals surface area contributed by atoms with E-state index in [1.165, 1.54) is 18.4 Å². The zero-order valence-electron chi connectivity index (χ0n) is 9.84. The summed E-state index contributed by atoms with van der Waals surface area (Å²) in [6.45, 7) is 1.78. The minimum atomic E-state index is -0.542. The Morgan fingerprint density at radius 3 is 2.74 bits per heavy atom. The summed E-state index contributed by atoms with van der Waals surface area (Å²) in [6, 6.07) is 5.99. The van der Waals surface area contributed by atoms with E-state index >= 15 is 0 Å². The van der Waals surface area contributed by atoms with Crippen molar-refractivity contribution in [3.63, 3.8) is 0 Å². The number of hydrogen-bond acceptors (Lipinski definition) is 4. The fourth-order valence-corrected chi connectivity index (χ4v) is 1.97. The monoisotopic (exact) mass is 324 g/mol. The van der Waals surface area contributed by atoms with E-state index in [0.29, 0.717) is 0 Å². The molecular formula is C12H9BrN2O4. The SMILES string of the molecule is Cc1ccc([N+](=O)[O-])c(NC(=O)c2ccoc2Br)c1. The minimum absolute atomic E-state index is 0.154. The van der Waals surface area contributed by atoms with E-state index < -0.39 is 10.8 Å². The van der Waals surface area contributed by atoms with Crippen LogP contribution < -0.4 is 5.32 Å². The van der Waals surface area contributed by atoms with Crippen LogP contribution in [0.2, 0.25) is 0 Å². The highest BCUT2D eigenvalue weighted by Crippen LogP contribution is 2.27. The number of amides is 1. The summed E-state index contributed by atoms with van der Waals surface area (Å²) in [5, 5.41) is 13.4. The molecular weight excluding hydrogens is 316 g/mol. The lowest BCUT2D eigenvalue weighted by molar-refractivity contribution is -0.383. The Balaban J connectivity index is 2.33. The number of nitrogens with one attached hydrogen (secondary N) is 1. The van der Waals surface area contributed by atoms with E-state index in [1.807, 2.05) is 0 Å². The normalized spacial score (nSPS) is 10.2. The summed E-state index contributed by atoms with van der Waals surface area (Å²) < 4.78 is 5.22. The summed E-state index contributed by atoms with van der Waals surface area (Å²) in [7, 11) is 0. The Labute approximate surface area is 116 Å². The molecule has 7 heteroatoms. The number of carbonyl (C=O) groups is 1. The van der Waals surface area contributed by atoms with Crippen molar-refractivity contribution in [2.75, 3.05) is 5.32 Å². The van der Waals surface area contributed by atoms with Crippen molar-refractivity contribution in [3.05, 3.63) is 56.4 Å². The fraction of sp³-hybridized carbons (Fsp3) is 0.0833. The standard InChI is InChI=1S/C12H9BrN2O4/c1-7-2-3-10(15(17)18)9(6-7)14-12(16)8-4-5-19-11(8)13/h2-6H,1H3,(H,14,16). The third-order valence-corrected chi connectivity index (χ3v) is 3.07. The lowest BCUT2D eigenvalue weighted by Gasteiger charge is -2.06. The van der Waals surface area contributed by atoms with Crippen LogP contribution in [-0.2, 0) is 0 Å². The average molecular weight is 325 g/mol. The van der Waals surface area contributed by atoms with Gasteiger partial charge in [-0.05, 0) is 40.5 Å². The van der Waals surface area contributed by atoms with Crippen LogP contribution in [0.25, 0.3) is 0 Å². The highest BCUT2D eigenvalue weighted by Gasteiger charge is 2.19. The Morgan fingerprint density at radius 2 is 2.16 bits per heavy atom. The van der Waals surface area contributed by atoms with E-state index in [9.17, 15) is 14.9 Å². The number of nitro benzene ring substituents is 1. The number of aryl methyl sites for hydroxylation is 1. The predicted molar refractivity (Wildman–Crippen MR) is 72.2 cm³/mol. The summed E-state index contributed by atoms with van der Waals surface area (Å²) in [5.74, 6) is -0.477. The number of nitro groups is 1. The summed E-state index contributed by atoms with van der Waals surface area (Å²) in [5.41, 5.74) is 1.09. The maximum Gasteiger partial charge on any atom is 0.292 e. The van der Waals surface area contributed by atoms with Crippen LogP contribution in [-0.4, -0.2) is 10.8 Å². The van der Waals surface area contributed by atoms with Gasteiger partial charge in [0.2, 0.25) is 0 Å². The average Bonchev–Trinajstić information content (AvgIpc) is 2.75. The van der Waals surface area contributed by atoms with Crippen molar-refractivity contribution in [3.8, 4) is 0 Å². The Kier molecular flexibility index (Phi) is 3.66. The number of carbonyl (C=O) groups excluding carboxylic acids is 1. The molecule has 0 saturated carbocycles. The highest BCUT2D eigenvalue weighted by molar-refractivity contribution is 9.10. The van der Waals surface area contributed by atoms with Gasteiger partial charge in [-0.15, -0.1) is 0 Å². The first-order valence-corrected chi connectivity index (χ1v) is 6.07. The van der Waals surface area contributed by atoms with Crippen molar-refractivity contribution in [2.24, 2.45) is 0 Å². The number of halogens is 1. The molecule has 0 aliphatic heterocycles. The van der Waals surface area contributed by atoms with Crippen molar-refractivity contribution in [1.29, 1.82) is 0 Å². The molecule has 1 aromatic carbocycles. The van der Waals surface area contributed by atoms with E-state index in [-0.39, 0.29) is 21.6 Å². The maximum atomic E-state index is 12.0. The number of rotatable bonds is 3. The molecule has 0 fully saturated rings. The number of hydrogen-bond donors (Lipinski definition) is 1. The number of nitrogens with zero attached hydrogens (tertiary/aromatic N) is 1. The van der Waals surface area contributed by atoms with Gasteiger partial charge in [0.15, 0.2) is 4.67 Å². The Hall–Kier alpha value is -2.15. The zero-order valence-corrected chi connectivity index (χ0v) is 11.4. The fourth-order valence-electron chi connectivity index (χ4n) is 1.55. The molecule has 0 aliphatic rings. The topological polar surface area (TPSA) is 85.4 Å². The second kappa shape index (κ2) is 5.23. The molecule has 0 saturated heterocycles. The zero-order chi connectivity index (χ0) is 14.0. The minimum Gasteiger partial charge on any atom is -0.457 e. The van der Waals surface area contributed by atoms with Gasteiger partial charge >= 0.3 is 0 Å². The second-order valence-corrected chi connectivity index (χ2v) is 4.56. The lowest BCUT2D eigenvalue weighted by atomic mass is 10.2. The molecule has 0 aliphatic carbocycles. The van der Waals surface area contributed by atoms with Gasteiger partial charge in [0.05, 0.1) is 16.7 Å². The largest absolute Gasteiger partial charge is 0.457 e. The molecule has 2 aromatic rings. The van der Waals surface area contributed by atoms with Gasteiger partial charge in [-0.3, -0.25) is 14.9 Å². The van der Waals surface area contributed by atoms with Crippen molar-refractivity contribution < 1.29 is 14.1 Å². The smallest absolute Gasteiger partial charge is 0.292 e. The van der Waals surface area contributed by atoms with E-state index in [0.717, 1.165) is 5.56 Å². The third kappa shape index (κ3) is 2.82. The van der Waals surface area contributed by atoms with Crippen molar-refractivity contribution in [1.82, 2.24) is 0 Å². The predicted octanol–water partition coefficient (Wildman–Crippen LogP) is 3.51. The summed E-state index contributed by atoms with van der Waals surface area (Å²) >= 11 is 3.08. The van der Waals surface area contributed by atoms with Crippen molar-refractivity contribution in [2.45, 2.75) is 6.92 Å². The molecule has 1 N–H and O–H groups in total. The molecule has 0 radical (unpaired) electrons. The van der Waals surface area contributed by atoms with Crippen LogP contribution in [0.5, 0.6) is 0 Å². The molecule has 6 nitrogen and oxygen atoms in total. The molecule has 0 unspecified atom stereocenters. The molecule has 0 atom stereocenters.